The molecule has 15 heavy (non-hydrogen) atoms. The van der Waals surface area contributed by atoms with Crippen LogP contribution in [0.1, 0.15) is 18.9 Å². The molecule has 0 saturated heterocycles. The SMILES string of the molecule is C=C(CCO)c1ccccc1NC(C)=O. The smallest absolute Gasteiger partial charge is 0.221 e. The molecule has 0 unspecified atom stereocenters. The van der Waals surface area contributed by atoms with Crippen molar-refractivity contribution in [2.24, 2.45) is 0 Å². The maximum Gasteiger partial charge on any atom is 0.221 e. The zero-order chi connectivity index (χ0) is 11.3. The lowest BCUT2D eigenvalue weighted by atomic mass is 10.0. The van der Waals surface area contributed by atoms with Gasteiger partial charge in [-0.3, -0.25) is 4.79 Å². The Morgan fingerprint density at radius 3 is 2.73 bits per heavy atom. The van der Waals surface area contributed by atoms with Crippen molar-refractivity contribution in [2.75, 3.05) is 11.9 Å². The zero-order valence-electron chi connectivity index (χ0n) is 8.79. The highest BCUT2D eigenvalue weighted by atomic mass is 16.3. The Balaban J connectivity index is 2.95. The number of anilines is 1. The highest BCUT2D eigenvalue weighted by Gasteiger charge is 2.05. The van der Waals surface area contributed by atoms with Crippen LogP contribution in [0.3, 0.4) is 0 Å². The Bertz CT molecular complexity index is 372. The van der Waals surface area contributed by atoms with Crippen molar-refractivity contribution in [1.29, 1.82) is 0 Å². The molecule has 0 saturated carbocycles. The Morgan fingerprint density at radius 2 is 2.13 bits per heavy atom. The predicted molar refractivity (Wildman–Crippen MR) is 61.5 cm³/mol. The Hall–Kier alpha value is -1.61. The number of hydrogen-bond donors (Lipinski definition) is 2. The van der Waals surface area contributed by atoms with E-state index < -0.39 is 0 Å². The monoisotopic (exact) mass is 205 g/mol. The van der Waals surface area contributed by atoms with E-state index >= 15 is 0 Å². The highest BCUT2D eigenvalue weighted by Crippen LogP contribution is 2.24. The van der Waals surface area contributed by atoms with E-state index in [1.807, 2.05) is 24.3 Å². The summed E-state index contributed by atoms with van der Waals surface area (Å²) in [5, 5.41) is 11.6. The van der Waals surface area contributed by atoms with Gasteiger partial charge in [-0.15, -0.1) is 0 Å². The molecule has 3 nitrogen and oxygen atoms in total. The minimum atomic E-state index is -0.112. The van der Waals surface area contributed by atoms with Gasteiger partial charge in [0.25, 0.3) is 0 Å². The number of nitrogens with one attached hydrogen (secondary N) is 1. The lowest BCUT2D eigenvalue weighted by Crippen LogP contribution is -2.07. The van der Waals surface area contributed by atoms with Crippen molar-refractivity contribution in [3.8, 4) is 0 Å². The van der Waals surface area contributed by atoms with Gasteiger partial charge in [0, 0.05) is 24.8 Å². The topological polar surface area (TPSA) is 49.3 Å². The minimum absolute atomic E-state index is 0.0627. The Kier molecular flexibility index (Phi) is 4.06. The summed E-state index contributed by atoms with van der Waals surface area (Å²) in [6.07, 6.45) is 0.511. The molecule has 0 aliphatic carbocycles. The second-order valence-electron chi connectivity index (χ2n) is 3.30. The van der Waals surface area contributed by atoms with Crippen LogP contribution in [0, 0.1) is 0 Å². The van der Waals surface area contributed by atoms with Gasteiger partial charge >= 0.3 is 0 Å². The third kappa shape index (κ3) is 3.22. The summed E-state index contributed by atoms with van der Waals surface area (Å²) >= 11 is 0. The van der Waals surface area contributed by atoms with E-state index in [0.29, 0.717) is 6.42 Å². The van der Waals surface area contributed by atoms with Gasteiger partial charge < -0.3 is 10.4 Å². The van der Waals surface area contributed by atoms with E-state index in [4.69, 9.17) is 5.11 Å². The van der Waals surface area contributed by atoms with Gasteiger partial charge in [-0.2, -0.15) is 0 Å². The average molecular weight is 205 g/mol. The number of hydrogen-bond acceptors (Lipinski definition) is 2. The van der Waals surface area contributed by atoms with E-state index in [9.17, 15) is 4.79 Å². The quantitative estimate of drug-likeness (QED) is 0.790. The fourth-order valence-corrected chi connectivity index (χ4v) is 1.36. The summed E-state index contributed by atoms with van der Waals surface area (Å²) in [5.41, 5.74) is 2.44. The molecule has 1 amide bonds. The fourth-order valence-electron chi connectivity index (χ4n) is 1.36. The number of amides is 1. The first kappa shape index (κ1) is 11.5. The lowest BCUT2D eigenvalue weighted by Gasteiger charge is -2.11. The normalized spacial score (nSPS) is 9.73. The first-order valence-electron chi connectivity index (χ1n) is 4.80. The van der Waals surface area contributed by atoms with Crippen molar-refractivity contribution in [3.05, 3.63) is 36.4 Å². The first-order chi connectivity index (χ1) is 7.15. The minimum Gasteiger partial charge on any atom is -0.396 e. The van der Waals surface area contributed by atoms with Crippen molar-refractivity contribution in [3.63, 3.8) is 0 Å². The molecule has 0 radical (unpaired) electrons. The molecule has 3 heteroatoms. The molecule has 1 rings (SSSR count). The Morgan fingerprint density at radius 1 is 1.47 bits per heavy atom. The standard InChI is InChI=1S/C12H15NO2/c1-9(7-8-14)11-5-3-4-6-12(11)13-10(2)15/h3-6,14H,1,7-8H2,2H3,(H,13,15). The van der Waals surface area contributed by atoms with Crippen molar-refractivity contribution < 1.29 is 9.90 Å². The maximum atomic E-state index is 11.0. The Labute approximate surface area is 89.4 Å². The molecule has 1 aromatic rings. The van der Waals surface area contributed by atoms with Crippen LogP contribution in [-0.4, -0.2) is 17.6 Å². The van der Waals surface area contributed by atoms with Crippen molar-refractivity contribution in [2.45, 2.75) is 13.3 Å². The van der Waals surface area contributed by atoms with Crippen LogP contribution < -0.4 is 5.32 Å². The van der Waals surface area contributed by atoms with Crippen LogP contribution in [0.5, 0.6) is 0 Å². The van der Waals surface area contributed by atoms with Crippen LogP contribution in [0.2, 0.25) is 0 Å². The van der Waals surface area contributed by atoms with Crippen molar-refractivity contribution in [1.82, 2.24) is 0 Å². The van der Waals surface area contributed by atoms with Gasteiger partial charge in [0.15, 0.2) is 0 Å². The van der Waals surface area contributed by atoms with Crippen LogP contribution in [0.4, 0.5) is 5.69 Å². The van der Waals surface area contributed by atoms with E-state index in [1.54, 1.807) is 0 Å². The van der Waals surface area contributed by atoms with Crippen LogP contribution in [0.15, 0.2) is 30.8 Å². The van der Waals surface area contributed by atoms with E-state index in [1.165, 1.54) is 6.92 Å². The van der Waals surface area contributed by atoms with Crippen molar-refractivity contribution >= 4 is 17.2 Å². The lowest BCUT2D eigenvalue weighted by molar-refractivity contribution is -0.114. The number of carbonyl (C=O) groups is 1. The summed E-state index contributed by atoms with van der Waals surface area (Å²) in [4.78, 5) is 11.0. The second kappa shape index (κ2) is 5.32. The largest absolute Gasteiger partial charge is 0.396 e. The molecule has 0 atom stereocenters. The average Bonchev–Trinajstić information content (AvgIpc) is 2.18. The second-order valence-corrected chi connectivity index (χ2v) is 3.30. The summed E-state index contributed by atoms with van der Waals surface area (Å²) in [7, 11) is 0. The predicted octanol–water partition coefficient (Wildman–Crippen LogP) is 2.04. The van der Waals surface area contributed by atoms with Gasteiger partial charge in [0.05, 0.1) is 0 Å². The third-order valence-electron chi connectivity index (χ3n) is 2.03. The maximum absolute atomic E-state index is 11.0. The molecular formula is C12H15NO2. The van der Waals surface area contributed by atoms with Crippen LogP contribution >= 0.6 is 0 Å². The number of benzene rings is 1. The highest BCUT2D eigenvalue weighted by molar-refractivity contribution is 5.92. The zero-order valence-corrected chi connectivity index (χ0v) is 8.79. The van der Waals surface area contributed by atoms with Gasteiger partial charge in [0.2, 0.25) is 5.91 Å². The molecular weight excluding hydrogens is 190 g/mol. The summed E-state index contributed by atoms with van der Waals surface area (Å²) in [6, 6.07) is 7.42. The van der Waals surface area contributed by atoms with E-state index in [0.717, 1.165) is 16.8 Å². The molecule has 0 fully saturated rings. The third-order valence-corrected chi connectivity index (χ3v) is 2.03. The molecule has 0 bridgehead atoms. The number of para-hydroxylation sites is 1. The van der Waals surface area contributed by atoms with E-state index in [-0.39, 0.29) is 12.5 Å². The molecule has 2 N–H and O–H groups in total. The molecule has 80 valence electrons. The molecule has 0 spiro atoms. The van der Waals surface area contributed by atoms with Gasteiger partial charge in [-0.1, -0.05) is 24.8 Å². The van der Waals surface area contributed by atoms with Gasteiger partial charge in [-0.05, 0) is 18.1 Å². The summed E-state index contributed by atoms with van der Waals surface area (Å²) in [5.74, 6) is -0.112. The fraction of sp³-hybridized carbons (Fsp3) is 0.250. The number of aliphatic hydroxyl groups is 1. The van der Waals surface area contributed by atoms with Crippen LogP contribution in [0.25, 0.3) is 5.57 Å². The van der Waals surface area contributed by atoms with E-state index in [2.05, 4.69) is 11.9 Å². The molecule has 0 aliphatic heterocycles. The molecule has 0 aromatic heterocycles. The molecule has 1 aromatic carbocycles. The molecule has 0 heterocycles. The number of rotatable bonds is 4. The first-order valence-corrected chi connectivity index (χ1v) is 4.80. The number of aliphatic hydroxyl groups excluding tert-OH is 1. The molecule has 0 aliphatic rings. The van der Waals surface area contributed by atoms with Crippen LogP contribution in [-0.2, 0) is 4.79 Å². The summed E-state index contributed by atoms with van der Waals surface area (Å²) < 4.78 is 0. The summed E-state index contributed by atoms with van der Waals surface area (Å²) in [6.45, 7) is 5.40. The number of carbonyl (C=O) groups excluding carboxylic acids is 1. The van der Waals surface area contributed by atoms with Gasteiger partial charge in [-0.25, -0.2) is 0 Å². The van der Waals surface area contributed by atoms with Gasteiger partial charge in [0.1, 0.15) is 0 Å².